The maximum atomic E-state index is 13.3. The van der Waals surface area contributed by atoms with E-state index in [4.69, 9.17) is 4.42 Å². The quantitative estimate of drug-likeness (QED) is 0.898. The predicted molar refractivity (Wildman–Crippen MR) is 73.5 cm³/mol. The Labute approximate surface area is 112 Å². The lowest BCUT2D eigenvalue weighted by atomic mass is 10.1. The van der Waals surface area contributed by atoms with Crippen LogP contribution < -0.4 is 5.32 Å². The topological polar surface area (TPSA) is 38.1 Å². The molecule has 0 aliphatic heterocycles. The minimum atomic E-state index is -0.264. The number of aromatic nitrogens is 1. The molecule has 0 saturated heterocycles. The summed E-state index contributed by atoms with van der Waals surface area (Å²) in [6.07, 6.45) is 2.39. The Kier molecular flexibility index (Phi) is 4.32. The van der Waals surface area contributed by atoms with Crippen LogP contribution in [0.5, 0.6) is 0 Å². The first kappa shape index (κ1) is 13.7. The molecule has 0 fully saturated rings. The summed E-state index contributed by atoms with van der Waals surface area (Å²) in [5, 5.41) is 3.30. The predicted octanol–water partition coefficient (Wildman–Crippen LogP) is 3.33. The van der Waals surface area contributed by atoms with E-state index in [0.717, 1.165) is 24.1 Å². The minimum Gasteiger partial charge on any atom is -0.441 e. The molecule has 4 heteroatoms. The molecule has 1 N–H and O–H groups in total. The Balaban J connectivity index is 2.10. The Hall–Kier alpha value is -1.68. The van der Waals surface area contributed by atoms with Gasteiger partial charge in [-0.3, -0.25) is 0 Å². The fourth-order valence-electron chi connectivity index (χ4n) is 1.88. The molecular weight excluding hydrogens is 243 g/mol. The van der Waals surface area contributed by atoms with Crippen LogP contribution in [0.4, 0.5) is 4.39 Å². The number of hydrogen-bond donors (Lipinski definition) is 1. The van der Waals surface area contributed by atoms with Gasteiger partial charge in [-0.15, -0.1) is 0 Å². The second-order valence-electron chi connectivity index (χ2n) is 4.94. The molecule has 0 unspecified atom stereocenters. The van der Waals surface area contributed by atoms with Gasteiger partial charge in [0, 0.05) is 24.6 Å². The molecule has 0 saturated carbocycles. The summed E-state index contributed by atoms with van der Waals surface area (Å²) in [7, 11) is 0. The van der Waals surface area contributed by atoms with Gasteiger partial charge in [-0.1, -0.05) is 19.9 Å². The van der Waals surface area contributed by atoms with Crippen LogP contribution in [0.3, 0.4) is 0 Å². The highest BCUT2D eigenvalue weighted by Gasteiger charge is 2.10. The smallest absolute Gasteiger partial charge is 0.196 e. The summed E-state index contributed by atoms with van der Waals surface area (Å²) >= 11 is 0. The Bertz CT molecular complexity index is 549. The molecular formula is C15H19FN2O. The van der Waals surface area contributed by atoms with Gasteiger partial charge in [0.2, 0.25) is 0 Å². The number of nitrogens with zero attached hydrogens (tertiary/aromatic N) is 1. The third-order valence-corrected chi connectivity index (χ3v) is 2.91. The van der Waals surface area contributed by atoms with Crippen LogP contribution in [-0.4, -0.2) is 17.6 Å². The molecule has 0 aliphatic rings. The van der Waals surface area contributed by atoms with Gasteiger partial charge >= 0.3 is 0 Å². The van der Waals surface area contributed by atoms with Gasteiger partial charge in [0.15, 0.2) is 11.7 Å². The van der Waals surface area contributed by atoms with Crippen molar-refractivity contribution in [2.75, 3.05) is 6.54 Å². The van der Waals surface area contributed by atoms with Gasteiger partial charge in [0.1, 0.15) is 5.82 Å². The summed E-state index contributed by atoms with van der Waals surface area (Å²) in [6, 6.07) is 5.11. The summed E-state index contributed by atoms with van der Waals surface area (Å²) < 4.78 is 18.9. The first-order valence-corrected chi connectivity index (χ1v) is 6.51. The Morgan fingerprint density at radius 3 is 2.89 bits per heavy atom. The van der Waals surface area contributed by atoms with Crippen LogP contribution in [0.15, 0.2) is 28.8 Å². The summed E-state index contributed by atoms with van der Waals surface area (Å²) in [6.45, 7) is 6.94. The van der Waals surface area contributed by atoms with Gasteiger partial charge in [0.25, 0.3) is 0 Å². The lowest BCUT2D eigenvalue weighted by Gasteiger charge is -2.05. The molecule has 0 amide bonds. The van der Waals surface area contributed by atoms with Gasteiger partial charge in [0.05, 0.1) is 6.20 Å². The lowest BCUT2D eigenvalue weighted by molar-refractivity contribution is 0.484. The van der Waals surface area contributed by atoms with E-state index in [2.05, 4.69) is 24.1 Å². The van der Waals surface area contributed by atoms with Crippen molar-refractivity contribution in [2.24, 2.45) is 0 Å². The van der Waals surface area contributed by atoms with Crippen molar-refractivity contribution >= 4 is 0 Å². The average Bonchev–Trinajstić information content (AvgIpc) is 2.80. The normalized spacial score (nSPS) is 11.2. The molecule has 0 spiro atoms. The van der Waals surface area contributed by atoms with Gasteiger partial charge in [-0.05, 0) is 24.6 Å². The fourth-order valence-corrected chi connectivity index (χ4v) is 1.88. The first-order valence-electron chi connectivity index (χ1n) is 6.51. The second kappa shape index (κ2) is 5.97. The highest BCUT2D eigenvalue weighted by Crippen LogP contribution is 2.25. The number of hydrogen-bond acceptors (Lipinski definition) is 3. The van der Waals surface area contributed by atoms with E-state index in [9.17, 15) is 4.39 Å². The molecule has 0 aliphatic carbocycles. The highest BCUT2D eigenvalue weighted by atomic mass is 19.1. The number of aryl methyl sites for hydroxylation is 1. The maximum absolute atomic E-state index is 13.3. The van der Waals surface area contributed by atoms with E-state index in [1.54, 1.807) is 12.3 Å². The molecule has 2 rings (SSSR count). The van der Waals surface area contributed by atoms with Crippen molar-refractivity contribution < 1.29 is 8.81 Å². The monoisotopic (exact) mass is 262 g/mol. The third kappa shape index (κ3) is 3.64. The minimum absolute atomic E-state index is 0.264. The van der Waals surface area contributed by atoms with Crippen LogP contribution in [-0.2, 0) is 6.42 Å². The van der Waals surface area contributed by atoms with Crippen LogP contribution >= 0.6 is 0 Å². The fraction of sp³-hybridized carbons (Fsp3) is 0.400. The number of halogens is 1. The van der Waals surface area contributed by atoms with E-state index in [-0.39, 0.29) is 5.82 Å². The van der Waals surface area contributed by atoms with E-state index in [1.165, 1.54) is 12.1 Å². The van der Waals surface area contributed by atoms with Gasteiger partial charge in [-0.2, -0.15) is 0 Å². The Morgan fingerprint density at radius 1 is 1.37 bits per heavy atom. The van der Waals surface area contributed by atoms with Gasteiger partial charge in [-0.25, -0.2) is 9.37 Å². The highest BCUT2D eigenvalue weighted by molar-refractivity contribution is 5.61. The van der Waals surface area contributed by atoms with Crippen molar-refractivity contribution in [3.8, 4) is 11.3 Å². The van der Waals surface area contributed by atoms with Crippen molar-refractivity contribution in [3.63, 3.8) is 0 Å². The van der Waals surface area contributed by atoms with Crippen LogP contribution in [0, 0.1) is 12.7 Å². The molecule has 1 aromatic carbocycles. The standard InChI is InChI=1S/C15H19FN2O/c1-10(2)17-7-6-15-18-9-14(19-15)13-8-12(16)5-4-11(13)3/h4-5,8-10,17H,6-7H2,1-3H3. The van der Waals surface area contributed by atoms with Crippen LogP contribution in [0.1, 0.15) is 25.3 Å². The SMILES string of the molecule is Cc1ccc(F)cc1-c1cnc(CCNC(C)C)o1. The van der Waals surface area contributed by atoms with Gasteiger partial charge < -0.3 is 9.73 Å². The first-order chi connectivity index (χ1) is 9.06. The zero-order valence-electron chi connectivity index (χ0n) is 11.5. The molecule has 102 valence electrons. The third-order valence-electron chi connectivity index (χ3n) is 2.91. The summed E-state index contributed by atoms with van der Waals surface area (Å²) in [4.78, 5) is 4.23. The zero-order valence-corrected chi connectivity index (χ0v) is 11.5. The van der Waals surface area contributed by atoms with Crippen molar-refractivity contribution in [1.29, 1.82) is 0 Å². The maximum Gasteiger partial charge on any atom is 0.196 e. The van der Waals surface area contributed by atoms with E-state index >= 15 is 0 Å². The molecule has 0 atom stereocenters. The van der Waals surface area contributed by atoms with E-state index in [0.29, 0.717) is 17.7 Å². The molecule has 3 nitrogen and oxygen atoms in total. The molecule has 2 aromatic rings. The van der Waals surface area contributed by atoms with Crippen molar-refractivity contribution in [3.05, 3.63) is 41.7 Å². The van der Waals surface area contributed by atoms with Crippen molar-refractivity contribution in [2.45, 2.75) is 33.2 Å². The van der Waals surface area contributed by atoms with Crippen LogP contribution in [0.2, 0.25) is 0 Å². The number of nitrogens with one attached hydrogen (secondary N) is 1. The summed E-state index contributed by atoms with van der Waals surface area (Å²) in [5.74, 6) is 1.03. The molecule has 0 radical (unpaired) electrons. The lowest BCUT2D eigenvalue weighted by Crippen LogP contribution is -2.24. The average molecular weight is 262 g/mol. The summed E-state index contributed by atoms with van der Waals surface area (Å²) in [5.41, 5.74) is 1.74. The molecule has 1 heterocycles. The largest absolute Gasteiger partial charge is 0.441 e. The number of benzene rings is 1. The van der Waals surface area contributed by atoms with E-state index in [1.807, 2.05) is 6.92 Å². The van der Waals surface area contributed by atoms with E-state index < -0.39 is 0 Å². The second-order valence-corrected chi connectivity index (χ2v) is 4.94. The molecule has 0 bridgehead atoms. The molecule has 1 aromatic heterocycles. The number of oxazole rings is 1. The van der Waals surface area contributed by atoms with Crippen molar-refractivity contribution in [1.82, 2.24) is 10.3 Å². The zero-order chi connectivity index (χ0) is 13.8. The molecule has 19 heavy (non-hydrogen) atoms. The van der Waals surface area contributed by atoms with Crippen LogP contribution in [0.25, 0.3) is 11.3 Å². The number of rotatable bonds is 5. The Morgan fingerprint density at radius 2 is 2.16 bits per heavy atom.